The van der Waals surface area contributed by atoms with E-state index in [0.29, 0.717) is 12.6 Å². The van der Waals surface area contributed by atoms with E-state index in [1.54, 1.807) is 29.3 Å². The standard InChI is InChI=1S/C28H29N3O2S/c1-4-14-30(15-5-2)20-11-12-22-25(16-20)34-27-26(22)28(32)31(18-29-27)17-23-21-9-7-6-8-19(21)10-13-24(23)33-3/h4-10,13,18,20H,1-2,11-12,14-17H2,3H3. The van der Waals surface area contributed by atoms with Gasteiger partial charge in [0, 0.05) is 29.6 Å². The van der Waals surface area contributed by atoms with E-state index in [2.05, 4.69) is 36.3 Å². The highest BCUT2D eigenvalue weighted by molar-refractivity contribution is 7.18. The molecule has 1 aliphatic carbocycles. The van der Waals surface area contributed by atoms with Gasteiger partial charge in [-0.05, 0) is 41.7 Å². The predicted octanol–water partition coefficient (Wildman–Crippen LogP) is 5.20. The third-order valence-electron chi connectivity index (χ3n) is 6.80. The van der Waals surface area contributed by atoms with E-state index in [-0.39, 0.29) is 5.56 Å². The first kappa shape index (κ1) is 22.6. The SMILES string of the molecule is C=CCN(CC=C)C1CCc2c(sc3ncn(Cc4c(OC)ccc5ccccc45)c(=O)c23)C1. The van der Waals surface area contributed by atoms with E-state index < -0.39 is 0 Å². The van der Waals surface area contributed by atoms with Crippen molar-refractivity contribution < 1.29 is 4.74 Å². The van der Waals surface area contributed by atoms with Crippen molar-refractivity contribution >= 4 is 32.3 Å². The molecule has 2 aromatic carbocycles. The highest BCUT2D eigenvalue weighted by atomic mass is 32.1. The molecule has 0 fully saturated rings. The lowest BCUT2D eigenvalue weighted by molar-refractivity contribution is 0.221. The van der Waals surface area contributed by atoms with Crippen LogP contribution in [0.2, 0.25) is 0 Å². The van der Waals surface area contributed by atoms with Crippen LogP contribution in [-0.2, 0) is 19.4 Å². The maximum Gasteiger partial charge on any atom is 0.262 e. The van der Waals surface area contributed by atoms with E-state index >= 15 is 0 Å². The number of hydrogen-bond donors (Lipinski definition) is 0. The van der Waals surface area contributed by atoms with Gasteiger partial charge in [-0.3, -0.25) is 14.3 Å². The molecule has 0 bridgehead atoms. The fourth-order valence-corrected chi connectivity index (χ4v) is 6.40. The van der Waals surface area contributed by atoms with Crippen molar-refractivity contribution in [3.05, 3.63) is 94.4 Å². The van der Waals surface area contributed by atoms with Gasteiger partial charge in [-0.1, -0.05) is 42.5 Å². The smallest absolute Gasteiger partial charge is 0.262 e. The Kier molecular flexibility index (Phi) is 6.35. The number of fused-ring (bicyclic) bond motifs is 4. The molecule has 0 spiro atoms. The average molecular weight is 472 g/mol. The van der Waals surface area contributed by atoms with Crippen LogP contribution in [0.3, 0.4) is 0 Å². The van der Waals surface area contributed by atoms with Crippen molar-refractivity contribution in [1.82, 2.24) is 14.5 Å². The van der Waals surface area contributed by atoms with E-state index in [0.717, 1.165) is 64.7 Å². The van der Waals surface area contributed by atoms with Crippen molar-refractivity contribution in [1.29, 1.82) is 0 Å². The van der Waals surface area contributed by atoms with Crippen molar-refractivity contribution in [3.63, 3.8) is 0 Å². The first-order chi connectivity index (χ1) is 16.6. The minimum atomic E-state index is 0.0324. The Hall–Kier alpha value is -3.22. The second-order valence-electron chi connectivity index (χ2n) is 8.76. The quantitative estimate of drug-likeness (QED) is 0.332. The van der Waals surface area contributed by atoms with Crippen LogP contribution < -0.4 is 10.3 Å². The molecule has 1 unspecified atom stereocenters. The molecule has 5 rings (SSSR count). The summed E-state index contributed by atoms with van der Waals surface area (Å²) in [7, 11) is 1.67. The van der Waals surface area contributed by atoms with Crippen LogP contribution in [0, 0.1) is 0 Å². The van der Waals surface area contributed by atoms with Crippen LogP contribution in [-0.4, -0.2) is 40.7 Å². The summed E-state index contributed by atoms with van der Waals surface area (Å²) in [5.74, 6) is 0.783. The summed E-state index contributed by atoms with van der Waals surface area (Å²) in [6, 6.07) is 12.6. The van der Waals surface area contributed by atoms with Crippen LogP contribution in [0.5, 0.6) is 5.75 Å². The molecule has 2 heterocycles. The fourth-order valence-electron chi connectivity index (χ4n) is 5.15. The molecule has 4 aromatic rings. The molecule has 1 atom stereocenters. The van der Waals surface area contributed by atoms with E-state index in [9.17, 15) is 4.79 Å². The highest BCUT2D eigenvalue weighted by Crippen LogP contribution is 2.35. The summed E-state index contributed by atoms with van der Waals surface area (Å²) in [6.45, 7) is 9.92. The molecule has 5 nitrogen and oxygen atoms in total. The van der Waals surface area contributed by atoms with Crippen molar-refractivity contribution in [2.24, 2.45) is 0 Å². The summed E-state index contributed by atoms with van der Waals surface area (Å²) in [4.78, 5) is 22.9. The second-order valence-corrected chi connectivity index (χ2v) is 9.84. The number of aromatic nitrogens is 2. The Morgan fingerprint density at radius 3 is 2.76 bits per heavy atom. The number of aryl methyl sites for hydroxylation is 1. The van der Waals surface area contributed by atoms with Crippen LogP contribution in [0.15, 0.2) is 72.8 Å². The van der Waals surface area contributed by atoms with Gasteiger partial charge >= 0.3 is 0 Å². The monoisotopic (exact) mass is 471 g/mol. The number of benzene rings is 2. The second kappa shape index (κ2) is 9.57. The minimum Gasteiger partial charge on any atom is -0.496 e. The number of hydrogen-bond acceptors (Lipinski definition) is 5. The van der Waals surface area contributed by atoms with Crippen molar-refractivity contribution in [2.45, 2.75) is 31.8 Å². The Morgan fingerprint density at radius 2 is 2.00 bits per heavy atom. The maximum atomic E-state index is 13.7. The molecule has 0 N–H and O–H groups in total. The third kappa shape index (κ3) is 3.97. The Balaban J connectivity index is 1.53. The number of methoxy groups -OCH3 is 1. The molecular weight excluding hydrogens is 442 g/mol. The molecule has 1 aliphatic rings. The van der Waals surface area contributed by atoms with Crippen LogP contribution in [0.1, 0.15) is 22.4 Å². The highest BCUT2D eigenvalue weighted by Gasteiger charge is 2.28. The molecule has 174 valence electrons. The molecule has 0 aliphatic heterocycles. The molecule has 2 aromatic heterocycles. The number of nitrogens with zero attached hydrogens (tertiary/aromatic N) is 3. The van der Waals surface area contributed by atoms with Crippen molar-refractivity contribution in [2.75, 3.05) is 20.2 Å². The zero-order valence-corrected chi connectivity index (χ0v) is 20.3. The lowest BCUT2D eigenvalue weighted by Gasteiger charge is -2.32. The fraction of sp³-hybridized carbons (Fsp3) is 0.286. The van der Waals surface area contributed by atoms with Gasteiger partial charge < -0.3 is 4.74 Å². The van der Waals surface area contributed by atoms with Crippen LogP contribution in [0.4, 0.5) is 0 Å². The predicted molar refractivity (Wildman–Crippen MR) is 141 cm³/mol. The Bertz CT molecular complexity index is 1430. The Labute approximate surface area is 203 Å². The van der Waals surface area contributed by atoms with Gasteiger partial charge in [0.25, 0.3) is 5.56 Å². The van der Waals surface area contributed by atoms with Crippen molar-refractivity contribution in [3.8, 4) is 5.75 Å². The lowest BCUT2D eigenvalue weighted by atomic mass is 9.92. The zero-order valence-electron chi connectivity index (χ0n) is 19.5. The molecule has 34 heavy (non-hydrogen) atoms. The zero-order chi connectivity index (χ0) is 23.7. The van der Waals surface area contributed by atoms with Gasteiger partial charge in [-0.2, -0.15) is 0 Å². The molecule has 0 radical (unpaired) electrons. The first-order valence-electron chi connectivity index (χ1n) is 11.6. The van der Waals surface area contributed by atoms with Gasteiger partial charge in [0.15, 0.2) is 0 Å². The van der Waals surface area contributed by atoms with E-state index in [4.69, 9.17) is 9.72 Å². The Morgan fingerprint density at radius 1 is 1.21 bits per heavy atom. The topological polar surface area (TPSA) is 47.4 Å². The number of thiophene rings is 1. The summed E-state index contributed by atoms with van der Waals surface area (Å²) in [5, 5.41) is 3.01. The number of rotatable bonds is 8. The molecule has 6 heteroatoms. The molecular formula is C28H29N3O2S. The van der Waals surface area contributed by atoms with Gasteiger partial charge in [-0.15, -0.1) is 24.5 Å². The van der Waals surface area contributed by atoms with Crippen LogP contribution in [0.25, 0.3) is 21.0 Å². The maximum absolute atomic E-state index is 13.7. The van der Waals surface area contributed by atoms with Gasteiger partial charge in [0.2, 0.25) is 0 Å². The van der Waals surface area contributed by atoms with Gasteiger partial charge in [-0.25, -0.2) is 4.98 Å². The van der Waals surface area contributed by atoms with E-state index in [1.165, 1.54) is 10.4 Å². The largest absolute Gasteiger partial charge is 0.496 e. The molecule has 0 saturated heterocycles. The summed E-state index contributed by atoms with van der Waals surface area (Å²) < 4.78 is 7.38. The van der Waals surface area contributed by atoms with Gasteiger partial charge in [0.1, 0.15) is 10.6 Å². The minimum absolute atomic E-state index is 0.0324. The third-order valence-corrected chi connectivity index (χ3v) is 7.96. The summed E-state index contributed by atoms with van der Waals surface area (Å²) in [5.41, 5.74) is 2.22. The lowest BCUT2D eigenvalue weighted by Crippen LogP contribution is -2.39. The number of ether oxygens (including phenoxy) is 1. The normalized spacial score (nSPS) is 15.5. The first-order valence-corrected chi connectivity index (χ1v) is 12.5. The van der Waals surface area contributed by atoms with E-state index in [1.807, 2.05) is 30.4 Å². The van der Waals surface area contributed by atoms with Gasteiger partial charge in [0.05, 0.1) is 25.4 Å². The molecule has 0 amide bonds. The average Bonchev–Trinajstić information content (AvgIpc) is 3.24. The molecule has 0 saturated carbocycles. The summed E-state index contributed by atoms with van der Waals surface area (Å²) in [6.07, 6.45) is 8.44. The summed E-state index contributed by atoms with van der Waals surface area (Å²) >= 11 is 1.67. The van der Waals surface area contributed by atoms with Crippen LogP contribution >= 0.6 is 11.3 Å².